The molecule has 0 spiro atoms. The SMILES string of the molecule is C/C=C\C(CNCC)C(CC)[C@H](C)F. The summed E-state index contributed by atoms with van der Waals surface area (Å²) in [5.74, 6) is 0.468. The summed E-state index contributed by atoms with van der Waals surface area (Å²) in [5, 5.41) is 3.28. The number of nitrogens with one attached hydrogen (secondary N) is 1. The van der Waals surface area contributed by atoms with Gasteiger partial charge in [0.15, 0.2) is 0 Å². The van der Waals surface area contributed by atoms with Crippen molar-refractivity contribution < 1.29 is 4.39 Å². The summed E-state index contributed by atoms with van der Waals surface area (Å²) in [7, 11) is 0. The molecule has 14 heavy (non-hydrogen) atoms. The molecule has 0 fully saturated rings. The van der Waals surface area contributed by atoms with Gasteiger partial charge < -0.3 is 5.32 Å². The van der Waals surface area contributed by atoms with E-state index in [4.69, 9.17) is 0 Å². The number of hydrogen-bond donors (Lipinski definition) is 1. The number of rotatable bonds is 7. The van der Waals surface area contributed by atoms with E-state index in [0.29, 0.717) is 5.92 Å². The predicted octanol–water partition coefficient (Wildman–Crippen LogP) is 3.17. The van der Waals surface area contributed by atoms with E-state index in [9.17, 15) is 4.39 Å². The van der Waals surface area contributed by atoms with Crippen molar-refractivity contribution in [3.05, 3.63) is 12.2 Å². The molecule has 0 aliphatic heterocycles. The molecule has 0 aliphatic rings. The first kappa shape index (κ1) is 13.6. The van der Waals surface area contributed by atoms with Crippen molar-refractivity contribution in [2.45, 2.75) is 40.3 Å². The first-order chi connectivity index (χ1) is 6.67. The minimum Gasteiger partial charge on any atom is -0.316 e. The maximum absolute atomic E-state index is 13.3. The van der Waals surface area contributed by atoms with Crippen molar-refractivity contribution in [3.8, 4) is 0 Å². The maximum atomic E-state index is 13.3. The topological polar surface area (TPSA) is 12.0 Å². The van der Waals surface area contributed by atoms with Crippen LogP contribution in [0.5, 0.6) is 0 Å². The van der Waals surface area contributed by atoms with Crippen LogP contribution in [0.15, 0.2) is 12.2 Å². The minimum absolute atomic E-state index is 0.144. The van der Waals surface area contributed by atoms with Crippen molar-refractivity contribution in [1.82, 2.24) is 5.32 Å². The Balaban J connectivity index is 4.27. The second-order valence-electron chi connectivity index (χ2n) is 3.75. The van der Waals surface area contributed by atoms with Crippen LogP contribution >= 0.6 is 0 Å². The smallest absolute Gasteiger partial charge is 0.101 e. The standard InChI is InChI=1S/C12H24FN/c1-5-8-11(9-14-7-3)12(6-2)10(4)13/h5,8,10-12,14H,6-7,9H2,1-4H3/b8-5-/t10-,11?,12?/m0/s1. The van der Waals surface area contributed by atoms with E-state index >= 15 is 0 Å². The molecule has 0 aromatic carbocycles. The lowest BCUT2D eigenvalue weighted by molar-refractivity contribution is 0.195. The van der Waals surface area contributed by atoms with Gasteiger partial charge in [-0.15, -0.1) is 0 Å². The Morgan fingerprint density at radius 1 is 1.36 bits per heavy atom. The first-order valence-electron chi connectivity index (χ1n) is 5.64. The third-order valence-electron chi connectivity index (χ3n) is 2.68. The van der Waals surface area contributed by atoms with E-state index in [-0.39, 0.29) is 5.92 Å². The van der Waals surface area contributed by atoms with Crippen LogP contribution in [0.2, 0.25) is 0 Å². The molecule has 0 bridgehead atoms. The van der Waals surface area contributed by atoms with E-state index in [1.54, 1.807) is 6.92 Å². The first-order valence-corrected chi connectivity index (χ1v) is 5.64. The average Bonchev–Trinajstić information content (AvgIpc) is 2.14. The zero-order valence-electron chi connectivity index (χ0n) is 9.89. The minimum atomic E-state index is -0.722. The molecule has 3 atom stereocenters. The van der Waals surface area contributed by atoms with Gasteiger partial charge in [0.2, 0.25) is 0 Å². The van der Waals surface area contributed by atoms with Crippen molar-refractivity contribution in [2.75, 3.05) is 13.1 Å². The summed E-state index contributed by atoms with van der Waals surface area (Å²) in [6.07, 6.45) is 4.32. The third-order valence-corrected chi connectivity index (χ3v) is 2.68. The highest BCUT2D eigenvalue weighted by Gasteiger charge is 2.22. The quantitative estimate of drug-likeness (QED) is 0.624. The summed E-state index contributed by atoms with van der Waals surface area (Å²) in [5.41, 5.74) is 0. The van der Waals surface area contributed by atoms with Crippen LogP contribution in [0.25, 0.3) is 0 Å². The molecule has 1 nitrogen and oxygen atoms in total. The molecule has 0 heterocycles. The number of alkyl halides is 1. The summed E-state index contributed by atoms with van der Waals surface area (Å²) in [4.78, 5) is 0. The maximum Gasteiger partial charge on any atom is 0.101 e. The van der Waals surface area contributed by atoms with Gasteiger partial charge in [0.05, 0.1) is 0 Å². The van der Waals surface area contributed by atoms with E-state index in [2.05, 4.69) is 25.2 Å². The van der Waals surface area contributed by atoms with Crippen LogP contribution in [0.4, 0.5) is 4.39 Å². The molecule has 0 amide bonds. The van der Waals surface area contributed by atoms with Crippen molar-refractivity contribution >= 4 is 0 Å². The Labute approximate surface area is 87.8 Å². The van der Waals surface area contributed by atoms with E-state index < -0.39 is 6.17 Å². The normalized spacial score (nSPS) is 18.4. The van der Waals surface area contributed by atoms with Crippen LogP contribution in [0.3, 0.4) is 0 Å². The Bertz CT molecular complexity index is 154. The molecule has 0 rings (SSSR count). The van der Waals surface area contributed by atoms with Gasteiger partial charge in [-0.2, -0.15) is 0 Å². The summed E-state index contributed by atoms with van der Waals surface area (Å²) in [6.45, 7) is 9.62. The molecular weight excluding hydrogens is 177 g/mol. The largest absolute Gasteiger partial charge is 0.316 e. The van der Waals surface area contributed by atoms with Gasteiger partial charge in [-0.25, -0.2) is 4.39 Å². The van der Waals surface area contributed by atoms with E-state index in [1.165, 1.54) is 0 Å². The van der Waals surface area contributed by atoms with Gasteiger partial charge >= 0.3 is 0 Å². The molecule has 2 unspecified atom stereocenters. The Kier molecular flexibility index (Phi) is 7.77. The second kappa shape index (κ2) is 7.98. The summed E-state index contributed by atoms with van der Waals surface area (Å²) < 4.78 is 13.3. The lowest BCUT2D eigenvalue weighted by Gasteiger charge is -2.25. The van der Waals surface area contributed by atoms with Crippen LogP contribution in [-0.4, -0.2) is 19.3 Å². The summed E-state index contributed by atoms with van der Waals surface area (Å²) >= 11 is 0. The highest BCUT2D eigenvalue weighted by molar-refractivity contribution is 4.92. The lowest BCUT2D eigenvalue weighted by Crippen LogP contribution is -2.30. The molecule has 2 heteroatoms. The monoisotopic (exact) mass is 201 g/mol. The Morgan fingerprint density at radius 3 is 2.36 bits per heavy atom. The van der Waals surface area contributed by atoms with E-state index in [1.807, 2.05) is 13.0 Å². The Morgan fingerprint density at radius 2 is 2.00 bits per heavy atom. The van der Waals surface area contributed by atoms with Crippen molar-refractivity contribution in [3.63, 3.8) is 0 Å². The lowest BCUT2D eigenvalue weighted by atomic mass is 9.86. The predicted molar refractivity (Wildman–Crippen MR) is 61.2 cm³/mol. The fourth-order valence-corrected chi connectivity index (χ4v) is 1.89. The summed E-state index contributed by atoms with van der Waals surface area (Å²) in [6, 6.07) is 0. The zero-order chi connectivity index (χ0) is 11.0. The van der Waals surface area contributed by atoms with Gasteiger partial charge in [0, 0.05) is 6.54 Å². The fourth-order valence-electron chi connectivity index (χ4n) is 1.89. The van der Waals surface area contributed by atoms with Crippen LogP contribution in [-0.2, 0) is 0 Å². The average molecular weight is 201 g/mol. The zero-order valence-corrected chi connectivity index (χ0v) is 9.89. The number of halogens is 1. The molecule has 0 aromatic rings. The number of hydrogen-bond acceptors (Lipinski definition) is 1. The van der Waals surface area contributed by atoms with Crippen molar-refractivity contribution in [1.29, 1.82) is 0 Å². The van der Waals surface area contributed by atoms with Crippen molar-refractivity contribution in [2.24, 2.45) is 11.8 Å². The van der Waals surface area contributed by atoms with Gasteiger partial charge in [-0.3, -0.25) is 0 Å². The van der Waals surface area contributed by atoms with E-state index in [0.717, 1.165) is 19.5 Å². The van der Waals surface area contributed by atoms with Crippen LogP contribution < -0.4 is 5.32 Å². The second-order valence-corrected chi connectivity index (χ2v) is 3.75. The molecule has 0 aromatic heterocycles. The highest BCUT2D eigenvalue weighted by Crippen LogP contribution is 2.23. The molecule has 0 radical (unpaired) electrons. The van der Waals surface area contributed by atoms with Gasteiger partial charge in [0.25, 0.3) is 0 Å². The van der Waals surface area contributed by atoms with Gasteiger partial charge in [0.1, 0.15) is 6.17 Å². The van der Waals surface area contributed by atoms with Crippen LogP contribution in [0.1, 0.15) is 34.1 Å². The molecule has 84 valence electrons. The highest BCUT2D eigenvalue weighted by atomic mass is 19.1. The van der Waals surface area contributed by atoms with Gasteiger partial charge in [-0.05, 0) is 38.6 Å². The molecule has 0 aliphatic carbocycles. The Hall–Kier alpha value is -0.370. The van der Waals surface area contributed by atoms with Gasteiger partial charge in [-0.1, -0.05) is 26.0 Å². The number of allylic oxidation sites excluding steroid dienone is 1. The fraction of sp³-hybridized carbons (Fsp3) is 0.833. The third kappa shape index (κ3) is 4.75. The molecule has 1 N–H and O–H groups in total. The molecule has 0 saturated carbocycles. The molecular formula is C12H24FN. The molecule has 0 saturated heterocycles. The van der Waals surface area contributed by atoms with Crippen LogP contribution in [0, 0.1) is 11.8 Å².